The van der Waals surface area contributed by atoms with Gasteiger partial charge in [0.2, 0.25) is 5.91 Å². The minimum atomic E-state index is -0.113. The molecule has 0 aromatic heterocycles. The number of rotatable bonds is 2. The Hall–Kier alpha value is -2.00. The fourth-order valence-electron chi connectivity index (χ4n) is 2.73. The Kier molecular flexibility index (Phi) is 3.84. The van der Waals surface area contributed by atoms with Gasteiger partial charge in [-0.1, -0.05) is 29.8 Å². The van der Waals surface area contributed by atoms with Crippen molar-refractivity contribution in [3.63, 3.8) is 0 Å². The maximum Gasteiger partial charge on any atom is 0.232 e. The third kappa shape index (κ3) is 2.88. The van der Waals surface area contributed by atoms with Crippen molar-refractivity contribution in [2.75, 3.05) is 17.2 Å². The average molecular weight is 301 g/mol. The highest BCUT2D eigenvalue weighted by molar-refractivity contribution is 6.30. The largest absolute Gasteiger partial charge is 0.385 e. The van der Waals surface area contributed by atoms with E-state index in [1.165, 1.54) is 0 Å². The second kappa shape index (κ2) is 5.78. The maximum atomic E-state index is 12.6. The summed E-state index contributed by atoms with van der Waals surface area (Å²) in [5.74, 6) is -0.0769. The van der Waals surface area contributed by atoms with E-state index in [9.17, 15) is 4.79 Å². The van der Waals surface area contributed by atoms with Crippen LogP contribution in [0.3, 0.4) is 0 Å². The number of benzene rings is 2. The predicted molar refractivity (Wildman–Crippen MR) is 87.1 cm³/mol. The number of para-hydroxylation sites is 1. The van der Waals surface area contributed by atoms with Crippen molar-refractivity contribution in [3.8, 4) is 0 Å². The van der Waals surface area contributed by atoms with Crippen LogP contribution in [0.25, 0.3) is 0 Å². The lowest BCUT2D eigenvalue weighted by Gasteiger charge is -2.26. The van der Waals surface area contributed by atoms with Crippen molar-refractivity contribution in [2.24, 2.45) is 0 Å². The molecule has 1 aliphatic heterocycles. The van der Waals surface area contributed by atoms with Gasteiger partial charge >= 0.3 is 0 Å². The van der Waals surface area contributed by atoms with Crippen LogP contribution in [0.4, 0.5) is 11.4 Å². The Balaban J connectivity index is 1.83. The van der Waals surface area contributed by atoms with Gasteiger partial charge in [-0.05, 0) is 48.7 Å². The number of amides is 1. The van der Waals surface area contributed by atoms with E-state index in [0.29, 0.717) is 5.02 Å². The van der Waals surface area contributed by atoms with E-state index in [2.05, 4.69) is 10.6 Å². The second-order valence-electron chi connectivity index (χ2n) is 5.30. The van der Waals surface area contributed by atoms with Crippen molar-refractivity contribution < 1.29 is 4.79 Å². The summed E-state index contributed by atoms with van der Waals surface area (Å²) in [5.41, 5.74) is 3.91. The van der Waals surface area contributed by atoms with Crippen LogP contribution in [0.1, 0.15) is 23.5 Å². The second-order valence-corrected chi connectivity index (χ2v) is 5.74. The van der Waals surface area contributed by atoms with Crippen molar-refractivity contribution in [1.82, 2.24) is 0 Å². The minimum absolute atomic E-state index is 0.0365. The standard InChI is InChI=1S/C17H17ClN2O/c1-11-10-12(18)6-7-15(11)20-17(21)14-8-9-19-16-5-3-2-4-13(14)16/h2-7,10,14,19H,8-9H2,1H3,(H,20,21). The third-order valence-corrected chi connectivity index (χ3v) is 4.08. The monoisotopic (exact) mass is 300 g/mol. The molecule has 0 saturated carbocycles. The van der Waals surface area contributed by atoms with E-state index in [1.54, 1.807) is 6.07 Å². The smallest absolute Gasteiger partial charge is 0.232 e. The van der Waals surface area contributed by atoms with Gasteiger partial charge in [0.25, 0.3) is 0 Å². The van der Waals surface area contributed by atoms with E-state index in [-0.39, 0.29) is 11.8 Å². The number of fused-ring (bicyclic) bond motifs is 1. The molecule has 1 heterocycles. The normalized spacial score (nSPS) is 16.8. The first-order valence-electron chi connectivity index (χ1n) is 7.05. The van der Waals surface area contributed by atoms with Crippen LogP contribution in [0.2, 0.25) is 5.02 Å². The van der Waals surface area contributed by atoms with E-state index in [1.807, 2.05) is 43.3 Å². The van der Waals surface area contributed by atoms with Gasteiger partial charge in [0.05, 0.1) is 5.92 Å². The van der Waals surface area contributed by atoms with Crippen molar-refractivity contribution >= 4 is 28.9 Å². The Bertz CT molecular complexity index is 684. The van der Waals surface area contributed by atoms with Crippen LogP contribution in [-0.2, 0) is 4.79 Å². The molecule has 4 heteroatoms. The molecule has 3 nitrogen and oxygen atoms in total. The molecular formula is C17H17ClN2O. The lowest BCUT2D eigenvalue weighted by molar-refractivity contribution is -0.117. The molecule has 21 heavy (non-hydrogen) atoms. The number of anilines is 2. The average Bonchev–Trinajstić information content (AvgIpc) is 2.49. The molecule has 2 aromatic carbocycles. The first-order chi connectivity index (χ1) is 10.1. The summed E-state index contributed by atoms with van der Waals surface area (Å²) in [7, 11) is 0. The minimum Gasteiger partial charge on any atom is -0.385 e. The molecule has 3 rings (SSSR count). The van der Waals surface area contributed by atoms with Gasteiger partial charge in [-0.15, -0.1) is 0 Å². The zero-order valence-electron chi connectivity index (χ0n) is 11.8. The number of aryl methyl sites for hydroxylation is 1. The van der Waals surface area contributed by atoms with E-state index in [4.69, 9.17) is 11.6 Å². The maximum absolute atomic E-state index is 12.6. The molecule has 0 fully saturated rings. The fourth-order valence-corrected chi connectivity index (χ4v) is 2.95. The Morgan fingerprint density at radius 1 is 1.29 bits per heavy atom. The fraction of sp³-hybridized carbons (Fsp3) is 0.235. The first kappa shape index (κ1) is 14.0. The number of hydrogen-bond acceptors (Lipinski definition) is 2. The van der Waals surface area contributed by atoms with Gasteiger partial charge in [0.1, 0.15) is 0 Å². The molecule has 0 saturated heterocycles. The number of nitrogens with one attached hydrogen (secondary N) is 2. The number of carbonyl (C=O) groups is 1. The number of carbonyl (C=O) groups excluding carboxylic acids is 1. The predicted octanol–water partition coefficient (Wildman–Crippen LogP) is 4.19. The summed E-state index contributed by atoms with van der Waals surface area (Å²) in [4.78, 5) is 12.6. The zero-order chi connectivity index (χ0) is 14.8. The molecule has 1 unspecified atom stereocenters. The molecule has 0 bridgehead atoms. The van der Waals surface area contributed by atoms with Crippen molar-refractivity contribution in [1.29, 1.82) is 0 Å². The third-order valence-electron chi connectivity index (χ3n) is 3.85. The van der Waals surface area contributed by atoms with Crippen molar-refractivity contribution in [2.45, 2.75) is 19.3 Å². The van der Waals surface area contributed by atoms with Crippen LogP contribution >= 0.6 is 11.6 Å². The highest BCUT2D eigenvalue weighted by Crippen LogP contribution is 2.32. The summed E-state index contributed by atoms with van der Waals surface area (Å²) in [5, 5.41) is 7.03. The van der Waals surface area contributed by atoms with Crippen LogP contribution in [-0.4, -0.2) is 12.5 Å². The number of halogens is 1. The summed E-state index contributed by atoms with van der Waals surface area (Å²) in [6.45, 7) is 2.76. The summed E-state index contributed by atoms with van der Waals surface area (Å²) >= 11 is 5.95. The first-order valence-corrected chi connectivity index (χ1v) is 7.43. The molecule has 2 N–H and O–H groups in total. The van der Waals surface area contributed by atoms with Gasteiger partial charge in [0, 0.05) is 22.9 Å². The van der Waals surface area contributed by atoms with Gasteiger partial charge in [-0.25, -0.2) is 0 Å². The molecule has 0 aliphatic carbocycles. The van der Waals surface area contributed by atoms with Gasteiger partial charge < -0.3 is 10.6 Å². The lowest BCUT2D eigenvalue weighted by atomic mass is 9.90. The van der Waals surface area contributed by atoms with Crippen LogP contribution < -0.4 is 10.6 Å². The molecule has 0 spiro atoms. The summed E-state index contributed by atoms with van der Waals surface area (Å²) in [6.07, 6.45) is 0.801. The summed E-state index contributed by atoms with van der Waals surface area (Å²) < 4.78 is 0. The Labute approximate surface area is 129 Å². The molecule has 1 aliphatic rings. The van der Waals surface area contributed by atoms with E-state index in [0.717, 1.165) is 35.5 Å². The highest BCUT2D eigenvalue weighted by atomic mass is 35.5. The lowest BCUT2D eigenvalue weighted by Crippen LogP contribution is -2.27. The SMILES string of the molecule is Cc1cc(Cl)ccc1NC(=O)C1CCNc2ccccc21. The van der Waals surface area contributed by atoms with Crippen LogP contribution in [0.15, 0.2) is 42.5 Å². The highest BCUT2D eigenvalue weighted by Gasteiger charge is 2.26. The topological polar surface area (TPSA) is 41.1 Å². The molecule has 1 atom stereocenters. The van der Waals surface area contributed by atoms with Crippen molar-refractivity contribution in [3.05, 3.63) is 58.6 Å². The van der Waals surface area contributed by atoms with Crippen LogP contribution in [0, 0.1) is 6.92 Å². The van der Waals surface area contributed by atoms with Crippen LogP contribution in [0.5, 0.6) is 0 Å². The van der Waals surface area contributed by atoms with Gasteiger partial charge in [-0.3, -0.25) is 4.79 Å². The Morgan fingerprint density at radius 3 is 2.90 bits per heavy atom. The Morgan fingerprint density at radius 2 is 2.10 bits per heavy atom. The van der Waals surface area contributed by atoms with E-state index < -0.39 is 0 Å². The molecular weight excluding hydrogens is 284 g/mol. The van der Waals surface area contributed by atoms with Gasteiger partial charge in [0.15, 0.2) is 0 Å². The molecule has 108 valence electrons. The molecule has 0 radical (unpaired) electrons. The summed E-state index contributed by atoms with van der Waals surface area (Å²) in [6, 6.07) is 13.5. The quantitative estimate of drug-likeness (QED) is 0.873. The number of hydrogen-bond donors (Lipinski definition) is 2. The van der Waals surface area contributed by atoms with Gasteiger partial charge in [-0.2, -0.15) is 0 Å². The zero-order valence-corrected chi connectivity index (χ0v) is 12.6. The molecule has 1 amide bonds. The van der Waals surface area contributed by atoms with E-state index >= 15 is 0 Å². The molecule has 2 aromatic rings.